The quantitative estimate of drug-likeness (QED) is 0.279. The Bertz CT molecular complexity index is 390. The van der Waals surface area contributed by atoms with Crippen LogP contribution in [-0.2, 0) is 4.43 Å². The van der Waals surface area contributed by atoms with Gasteiger partial charge in [-0.3, -0.25) is 0 Å². The highest BCUT2D eigenvalue weighted by molar-refractivity contribution is 6.74. The van der Waals surface area contributed by atoms with Crippen LogP contribution in [0, 0.1) is 17.8 Å². The maximum absolute atomic E-state index is 6.27. The molecule has 0 aliphatic heterocycles. The molecule has 0 fully saturated rings. The van der Waals surface area contributed by atoms with Crippen LogP contribution in [0.25, 0.3) is 0 Å². The van der Waals surface area contributed by atoms with Crippen LogP contribution in [0.3, 0.4) is 0 Å². The molecule has 0 aliphatic carbocycles. The third-order valence-electron chi connectivity index (χ3n) is 4.49. The lowest BCUT2D eigenvalue weighted by Crippen LogP contribution is -2.41. The molecule has 1 nitrogen and oxygen atoms in total. The second-order valence-corrected chi connectivity index (χ2v) is 12.8. The van der Waals surface area contributed by atoms with E-state index in [4.69, 9.17) is 4.43 Å². The summed E-state index contributed by atoms with van der Waals surface area (Å²) in [6.07, 6.45) is 8.45. The Morgan fingerprint density at radius 1 is 1.18 bits per heavy atom. The van der Waals surface area contributed by atoms with E-state index in [2.05, 4.69) is 72.6 Å². The molecule has 0 unspecified atom stereocenters. The van der Waals surface area contributed by atoms with Gasteiger partial charge < -0.3 is 4.43 Å². The zero-order valence-electron chi connectivity index (χ0n) is 16.3. The minimum atomic E-state index is -1.63. The van der Waals surface area contributed by atoms with Crippen molar-refractivity contribution in [1.82, 2.24) is 0 Å². The second kappa shape index (κ2) is 10.3. The molecule has 0 spiro atoms. The van der Waals surface area contributed by atoms with Crippen molar-refractivity contribution in [1.29, 1.82) is 0 Å². The predicted molar refractivity (Wildman–Crippen MR) is 103 cm³/mol. The summed E-state index contributed by atoms with van der Waals surface area (Å²) in [5.74, 6) is 7.01. The first-order valence-electron chi connectivity index (χ1n) is 8.91. The summed E-state index contributed by atoms with van der Waals surface area (Å²) in [7, 11) is -1.63. The molecule has 0 heterocycles. The fourth-order valence-electron chi connectivity index (χ4n) is 1.91. The molecule has 0 aromatic carbocycles. The molecule has 0 aromatic rings. The van der Waals surface area contributed by atoms with E-state index in [1.165, 1.54) is 31.3 Å². The van der Waals surface area contributed by atoms with E-state index in [0.29, 0.717) is 5.92 Å². The zero-order valence-corrected chi connectivity index (χ0v) is 17.3. The fourth-order valence-corrected chi connectivity index (χ4v) is 3.03. The van der Waals surface area contributed by atoms with Crippen molar-refractivity contribution < 1.29 is 4.43 Å². The number of rotatable bonds is 8. The van der Waals surface area contributed by atoms with Gasteiger partial charge in [0.05, 0.1) is 0 Å². The molecule has 0 N–H and O–H groups in total. The maximum Gasteiger partial charge on any atom is 0.192 e. The molecule has 0 saturated heterocycles. The van der Waals surface area contributed by atoms with Crippen molar-refractivity contribution in [2.24, 2.45) is 5.92 Å². The van der Waals surface area contributed by atoms with Crippen LogP contribution in [-0.4, -0.2) is 14.9 Å². The Labute approximate surface area is 141 Å². The Hall–Kier alpha value is -0.523. The normalized spacial score (nSPS) is 14.5. The van der Waals surface area contributed by atoms with Gasteiger partial charge in [0, 0.05) is 13.0 Å². The van der Waals surface area contributed by atoms with E-state index in [1.54, 1.807) is 0 Å². The van der Waals surface area contributed by atoms with Gasteiger partial charge >= 0.3 is 0 Å². The van der Waals surface area contributed by atoms with Crippen molar-refractivity contribution in [2.75, 3.05) is 6.61 Å². The van der Waals surface area contributed by atoms with Crippen LogP contribution in [0.5, 0.6) is 0 Å². The summed E-state index contributed by atoms with van der Waals surface area (Å²) in [6, 6.07) is 0. The second-order valence-electron chi connectivity index (χ2n) is 8.01. The van der Waals surface area contributed by atoms with Gasteiger partial charge in [-0.05, 0) is 43.0 Å². The molecular formula is C20H38OSi. The molecule has 0 radical (unpaired) electrons. The Balaban J connectivity index is 4.23. The lowest BCUT2D eigenvalue weighted by atomic mass is 10.1. The maximum atomic E-state index is 6.27. The van der Waals surface area contributed by atoms with Gasteiger partial charge in [0.15, 0.2) is 8.32 Å². The monoisotopic (exact) mass is 322 g/mol. The Morgan fingerprint density at radius 2 is 1.82 bits per heavy atom. The van der Waals surface area contributed by atoms with E-state index in [0.717, 1.165) is 13.0 Å². The fraction of sp³-hybridized carbons (Fsp3) is 0.800. The standard InChI is InChI=1S/C20H38OSi/c1-9-10-11-12-13-14-15-18(2)16-19(3)17-21-22(7,8)20(4,5)6/h16,19H,9-13,17H2,1-8H3/b18-16-/t19-/m0/s1. The summed E-state index contributed by atoms with van der Waals surface area (Å²) in [4.78, 5) is 0. The van der Waals surface area contributed by atoms with E-state index in [-0.39, 0.29) is 5.04 Å². The number of allylic oxidation sites excluding steroid dienone is 1. The first-order chi connectivity index (χ1) is 10.1. The number of hydrogen-bond donors (Lipinski definition) is 0. The molecule has 0 rings (SSSR count). The summed E-state index contributed by atoms with van der Waals surface area (Å²) < 4.78 is 6.27. The summed E-state index contributed by atoms with van der Waals surface area (Å²) >= 11 is 0. The van der Waals surface area contributed by atoms with Crippen molar-refractivity contribution in [3.8, 4) is 11.8 Å². The van der Waals surface area contributed by atoms with Crippen LogP contribution in [0.2, 0.25) is 18.1 Å². The van der Waals surface area contributed by atoms with Crippen LogP contribution in [0.4, 0.5) is 0 Å². The van der Waals surface area contributed by atoms with Crippen molar-refractivity contribution >= 4 is 8.32 Å². The molecule has 2 heteroatoms. The third-order valence-corrected chi connectivity index (χ3v) is 8.99. The average Bonchev–Trinajstić information content (AvgIpc) is 2.39. The van der Waals surface area contributed by atoms with Gasteiger partial charge in [0.2, 0.25) is 0 Å². The Morgan fingerprint density at radius 3 is 2.36 bits per heavy atom. The summed E-state index contributed by atoms with van der Waals surface area (Å²) in [6.45, 7) is 18.9. The number of hydrogen-bond acceptors (Lipinski definition) is 1. The smallest absolute Gasteiger partial charge is 0.192 e. The summed E-state index contributed by atoms with van der Waals surface area (Å²) in [5, 5.41) is 0.282. The van der Waals surface area contributed by atoms with Crippen molar-refractivity contribution in [3.63, 3.8) is 0 Å². The molecule has 0 saturated carbocycles. The molecule has 128 valence electrons. The highest BCUT2D eigenvalue weighted by Crippen LogP contribution is 2.36. The van der Waals surface area contributed by atoms with Crippen LogP contribution < -0.4 is 0 Å². The zero-order chi connectivity index (χ0) is 17.2. The van der Waals surface area contributed by atoms with E-state index >= 15 is 0 Å². The van der Waals surface area contributed by atoms with Gasteiger partial charge in [-0.25, -0.2) is 0 Å². The van der Waals surface area contributed by atoms with Crippen LogP contribution in [0.15, 0.2) is 11.6 Å². The van der Waals surface area contributed by atoms with E-state index < -0.39 is 8.32 Å². The minimum Gasteiger partial charge on any atom is -0.416 e. The molecule has 0 aromatic heterocycles. The van der Waals surface area contributed by atoms with Crippen LogP contribution in [0.1, 0.15) is 73.6 Å². The lowest BCUT2D eigenvalue weighted by molar-refractivity contribution is 0.259. The third kappa shape index (κ3) is 9.49. The van der Waals surface area contributed by atoms with Gasteiger partial charge in [0.25, 0.3) is 0 Å². The average molecular weight is 323 g/mol. The van der Waals surface area contributed by atoms with Crippen LogP contribution >= 0.6 is 0 Å². The van der Waals surface area contributed by atoms with E-state index in [9.17, 15) is 0 Å². The first kappa shape index (κ1) is 21.5. The molecule has 1 atom stereocenters. The van der Waals surface area contributed by atoms with Gasteiger partial charge in [-0.15, -0.1) is 0 Å². The molecule has 0 aliphatic rings. The van der Waals surface area contributed by atoms with E-state index in [1.807, 2.05) is 0 Å². The molecule has 22 heavy (non-hydrogen) atoms. The van der Waals surface area contributed by atoms with Gasteiger partial charge in [0.1, 0.15) is 0 Å². The largest absolute Gasteiger partial charge is 0.416 e. The molecular weight excluding hydrogens is 284 g/mol. The van der Waals surface area contributed by atoms with Gasteiger partial charge in [-0.1, -0.05) is 71.8 Å². The lowest BCUT2D eigenvalue weighted by Gasteiger charge is -2.36. The molecule has 0 bridgehead atoms. The number of unbranched alkanes of at least 4 members (excludes halogenated alkanes) is 4. The molecule has 0 amide bonds. The predicted octanol–water partition coefficient (Wildman–Crippen LogP) is 6.56. The minimum absolute atomic E-state index is 0.282. The highest BCUT2D eigenvalue weighted by atomic mass is 28.4. The topological polar surface area (TPSA) is 9.23 Å². The highest BCUT2D eigenvalue weighted by Gasteiger charge is 2.37. The Kier molecular flexibility index (Phi) is 10.0. The van der Waals surface area contributed by atoms with Gasteiger partial charge in [-0.2, -0.15) is 0 Å². The first-order valence-corrected chi connectivity index (χ1v) is 11.8. The SMILES string of the molecule is CCCCCCC#C/C(C)=C\[C@H](C)CO[Si](C)(C)C(C)(C)C. The van der Waals surface area contributed by atoms with Crippen molar-refractivity contribution in [3.05, 3.63) is 11.6 Å². The summed E-state index contributed by atoms with van der Waals surface area (Å²) in [5.41, 5.74) is 1.18. The van der Waals surface area contributed by atoms with Crippen molar-refractivity contribution in [2.45, 2.75) is 91.8 Å².